The third-order valence-electron chi connectivity index (χ3n) is 6.30. The molecule has 1 aromatic carbocycles. The largest absolute Gasteiger partial charge is 0.313 e. The maximum Gasteiger partial charge on any atom is 0.0135 e. The molecule has 1 N–H and O–H groups in total. The fraction of sp³-hybridized carbons (Fsp3) is 0.700. The zero-order valence-electron chi connectivity index (χ0n) is 13.3. The summed E-state index contributed by atoms with van der Waals surface area (Å²) in [5.74, 6) is 4.91. The third-order valence-corrected chi connectivity index (χ3v) is 6.30. The molecule has 3 fully saturated rings. The Bertz CT molecular complexity index is 456. The van der Waals surface area contributed by atoms with E-state index in [4.69, 9.17) is 0 Å². The summed E-state index contributed by atoms with van der Waals surface area (Å²) in [6.07, 6.45) is 8.70. The molecule has 0 spiro atoms. The van der Waals surface area contributed by atoms with Crippen molar-refractivity contribution in [1.82, 2.24) is 5.32 Å². The molecule has 3 saturated carbocycles. The van der Waals surface area contributed by atoms with Crippen LogP contribution in [-0.2, 0) is 0 Å². The van der Waals surface area contributed by atoms with E-state index in [0.717, 1.165) is 35.6 Å². The summed E-state index contributed by atoms with van der Waals surface area (Å²) in [6.45, 7) is 3.50. The van der Waals surface area contributed by atoms with Crippen LogP contribution in [0, 0.1) is 23.7 Å². The molecule has 21 heavy (non-hydrogen) atoms. The van der Waals surface area contributed by atoms with Crippen LogP contribution in [0.5, 0.6) is 0 Å². The van der Waals surface area contributed by atoms with Crippen LogP contribution in [0.2, 0.25) is 0 Å². The Morgan fingerprint density at radius 3 is 2.48 bits per heavy atom. The van der Waals surface area contributed by atoms with Crippen LogP contribution in [0.25, 0.3) is 0 Å². The SMILES string of the molecule is CCCNC(C1CC1c1ccccc1)C1C2CCCCC21. The molecule has 0 amide bonds. The number of nitrogens with one attached hydrogen (secondary N) is 1. The molecule has 5 unspecified atom stereocenters. The van der Waals surface area contributed by atoms with E-state index in [-0.39, 0.29) is 0 Å². The summed E-state index contributed by atoms with van der Waals surface area (Å²) >= 11 is 0. The Morgan fingerprint density at radius 1 is 1.10 bits per heavy atom. The van der Waals surface area contributed by atoms with E-state index >= 15 is 0 Å². The molecule has 0 bridgehead atoms. The van der Waals surface area contributed by atoms with Crippen molar-refractivity contribution in [3.63, 3.8) is 0 Å². The fourth-order valence-corrected chi connectivity index (χ4v) is 5.16. The van der Waals surface area contributed by atoms with Gasteiger partial charge >= 0.3 is 0 Å². The molecular weight excluding hydrogens is 254 g/mol. The highest BCUT2D eigenvalue weighted by Crippen LogP contribution is 2.62. The summed E-state index contributed by atoms with van der Waals surface area (Å²) in [4.78, 5) is 0. The topological polar surface area (TPSA) is 12.0 Å². The van der Waals surface area contributed by atoms with Crippen molar-refractivity contribution in [3.05, 3.63) is 35.9 Å². The highest BCUT2D eigenvalue weighted by molar-refractivity contribution is 5.28. The highest BCUT2D eigenvalue weighted by Gasteiger charge is 2.59. The first-order valence-electron chi connectivity index (χ1n) is 9.18. The summed E-state index contributed by atoms with van der Waals surface area (Å²) < 4.78 is 0. The van der Waals surface area contributed by atoms with E-state index < -0.39 is 0 Å². The predicted octanol–water partition coefficient (Wildman–Crippen LogP) is 4.59. The Hall–Kier alpha value is -0.820. The summed E-state index contributed by atoms with van der Waals surface area (Å²) in [5, 5.41) is 3.95. The Balaban J connectivity index is 1.45. The monoisotopic (exact) mass is 283 g/mol. The minimum atomic E-state index is 0.809. The van der Waals surface area contributed by atoms with Gasteiger partial charge in [0.05, 0.1) is 0 Å². The van der Waals surface area contributed by atoms with Gasteiger partial charge in [0.1, 0.15) is 0 Å². The maximum absolute atomic E-state index is 3.95. The Kier molecular flexibility index (Phi) is 3.79. The lowest BCUT2D eigenvalue weighted by Crippen LogP contribution is -2.35. The molecule has 1 aromatic rings. The van der Waals surface area contributed by atoms with Gasteiger partial charge in [0.15, 0.2) is 0 Å². The lowest BCUT2D eigenvalue weighted by atomic mass is 9.99. The molecular formula is C20H29N. The van der Waals surface area contributed by atoms with Crippen LogP contribution >= 0.6 is 0 Å². The second-order valence-electron chi connectivity index (χ2n) is 7.59. The second kappa shape index (κ2) is 5.76. The molecule has 3 aliphatic rings. The van der Waals surface area contributed by atoms with Crippen molar-refractivity contribution in [2.45, 2.75) is 57.4 Å². The highest BCUT2D eigenvalue weighted by atomic mass is 15.0. The molecule has 0 saturated heterocycles. The van der Waals surface area contributed by atoms with Gasteiger partial charge in [0, 0.05) is 6.04 Å². The first kappa shape index (κ1) is 13.8. The van der Waals surface area contributed by atoms with Crippen LogP contribution in [-0.4, -0.2) is 12.6 Å². The molecule has 0 aliphatic heterocycles. The molecule has 4 rings (SSSR count). The number of hydrogen-bond acceptors (Lipinski definition) is 1. The molecule has 1 heteroatoms. The van der Waals surface area contributed by atoms with Gasteiger partial charge in [-0.05, 0) is 67.4 Å². The number of rotatable bonds is 6. The van der Waals surface area contributed by atoms with Crippen molar-refractivity contribution < 1.29 is 0 Å². The van der Waals surface area contributed by atoms with Gasteiger partial charge in [-0.25, -0.2) is 0 Å². The van der Waals surface area contributed by atoms with Crippen LogP contribution in [0.3, 0.4) is 0 Å². The van der Waals surface area contributed by atoms with Crippen LogP contribution < -0.4 is 5.32 Å². The molecule has 114 valence electrons. The van der Waals surface area contributed by atoms with Crippen LogP contribution in [0.1, 0.15) is 56.9 Å². The average molecular weight is 283 g/mol. The standard InChI is InChI=1S/C20H29N/c1-2-12-21-20(19-15-10-6-7-11-16(15)19)18-13-17(18)14-8-4-3-5-9-14/h3-5,8-9,15-21H,2,6-7,10-13H2,1H3. The zero-order chi connectivity index (χ0) is 14.2. The molecule has 0 heterocycles. The average Bonchev–Trinajstić information content (AvgIpc) is 3.44. The predicted molar refractivity (Wildman–Crippen MR) is 88.3 cm³/mol. The molecule has 1 nitrogen and oxygen atoms in total. The van der Waals surface area contributed by atoms with E-state index in [1.807, 2.05) is 0 Å². The van der Waals surface area contributed by atoms with Crippen molar-refractivity contribution in [3.8, 4) is 0 Å². The molecule has 5 atom stereocenters. The number of fused-ring (bicyclic) bond motifs is 1. The number of hydrogen-bond donors (Lipinski definition) is 1. The van der Waals surface area contributed by atoms with Crippen molar-refractivity contribution in [2.24, 2.45) is 23.7 Å². The quantitative estimate of drug-likeness (QED) is 0.805. The lowest BCUT2D eigenvalue weighted by molar-refractivity contribution is 0.384. The Morgan fingerprint density at radius 2 is 1.81 bits per heavy atom. The smallest absolute Gasteiger partial charge is 0.0135 e. The van der Waals surface area contributed by atoms with Gasteiger partial charge in [0.25, 0.3) is 0 Å². The van der Waals surface area contributed by atoms with Gasteiger partial charge in [-0.1, -0.05) is 50.1 Å². The van der Waals surface area contributed by atoms with E-state index in [1.165, 1.54) is 45.1 Å². The summed E-state index contributed by atoms with van der Waals surface area (Å²) in [7, 11) is 0. The first-order chi connectivity index (χ1) is 10.4. The molecule has 3 aliphatic carbocycles. The van der Waals surface area contributed by atoms with E-state index in [0.29, 0.717) is 0 Å². The van der Waals surface area contributed by atoms with E-state index in [1.54, 1.807) is 5.56 Å². The summed E-state index contributed by atoms with van der Waals surface area (Å²) in [6, 6.07) is 12.0. The van der Waals surface area contributed by atoms with Crippen molar-refractivity contribution in [2.75, 3.05) is 6.54 Å². The van der Waals surface area contributed by atoms with Gasteiger partial charge in [-0.2, -0.15) is 0 Å². The second-order valence-corrected chi connectivity index (χ2v) is 7.59. The van der Waals surface area contributed by atoms with Crippen LogP contribution in [0.4, 0.5) is 0 Å². The van der Waals surface area contributed by atoms with Crippen molar-refractivity contribution >= 4 is 0 Å². The summed E-state index contributed by atoms with van der Waals surface area (Å²) in [5.41, 5.74) is 1.58. The molecule has 0 aromatic heterocycles. The van der Waals surface area contributed by atoms with Crippen molar-refractivity contribution in [1.29, 1.82) is 0 Å². The van der Waals surface area contributed by atoms with Gasteiger partial charge < -0.3 is 5.32 Å². The van der Waals surface area contributed by atoms with Crippen LogP contribution in [0.15, 0.2) is 30.3 Å². The normalized spacial score (nSPS) is 38.6. The zero-order valence-corrected chi connectivity index (χ0v) is 13.3. The number of benzene rings is 1. The minimum Gasteiger partial charge on any atom is -0.313 e. The fourth-order valence-electron chi connectivity index (χ4n) is 5.16. The molecule has 0 radical (unpaired) electrons. The minimum absolute atomic E-state index is 0.809. The van der Waals surface area contributed by atoms with Gasteiger partial charge in [0.2, 0.25) is 0 Å². The van der Waals surface area contributed by atoms with Gasteiger partial charge in [-0.3, -0.25) is 0 Å². The van der Waals surface area contributed by atoms with E-state index in [2.05, 4.69) is 42.6 Å². The van der Waals surface area contributed by atoms with E-state index in [9.17, 15) is 0 Å². The van der Waals surface area contributed by atoms with Gasteiger partial charge in [-0.15, -0.1) is 0 Å². The first-order valence-corrected chi connectivity index (χ1v) is 9.18. The lowest BCUT2D eigenvalue weighted by Gasteiger charge is -2.19. The Labute approximate surface area is 129 Å². The maximum atomic E-state index is 3.95. The third kappa shape index (κ3) is 2.65.